The van der Waals surface area contributed by atoms with Crippen LogP contribution in [0.3, 0.4) is 0 Å². The Balaban J connectivity index is 1.68. The van der Waals surface area contributed by atoms with Crippen molar-refractivity contribution >= 4 is 5.91 Å². The summed E-state index contributed by atoms with van der Waals surface area (Å²) < 4.78 is 0. The van der Waals surface area contributed by atoms with Crippen LogP contribution in [0, 0.1) is 17.2 Å². The molecule has 2 unspecified atom stereocenters. The molecule has 1 amide bonds. The standard InChI is InChI=1S/C16H19N3O/c17-10-14(12-4-2-1-3-5-12)16(20)18-15-11-19-8-6-13(15)7-9-19/h1-5,13-15H,6-9,11H2,(H,18,20). The van der Waals surface area contributed by atoms with Crippen molar-refractivity contribution in [3.05, 3.63) is 35.9 Å². The zero-order valence-electron chi connectivity index (χ0n) is 11.5. The third-order valence-electron chi connectivity index (χ3n) is 4.51. The maximum Gasteiger partial charge on any atom is 0.242 e. The molecule has 4 heteroatoms. The summed E-state index contributed by atoms with van der Waals surface area (Å²) in [5.74, 6) is -0.275. The highest BCUT2D eigenvalue weighted by molar-refractivity contribution is 5.86. The molecule has 3 aliphatic rings. The van der Waals surface area contributed by atoms with Crippen LogP contribution in [-0.2, 0) is 4.79 Å². The number of hydrogen-bond donors (Lipinski definition) is 1. The summed E-state index contributed by atoms with van der Waals surface area (Å²) in [6, 6.07) is 11.6. The minimum Gasteiger partial charge on any atom is -0.350 e. The number of piperidine rings is 3. The van der Waals surface area contributed by atoms with Gasteiger partial charge in [0.05, 0.1) is 6.07 Å². The Morgan fingerprint density at radius 1 is 1.30 bits per heavy atom. The first-order chi connectivity index (χ1) is 9.78. The van der Waals surface area contributed by atoms with Crippen LogP contribution in [0.5, 0.6) is 0 Å². The molecule has 3 fully saturated rings. The van der Waals surface area contributed by atoms with Crippen LogP contribution in [0.2, 0.25) is 0 Å². The number of fused-ring (bicyclic) bond motifs is 3. The van der Waals surface area contributed by atoms with E-state index >= 15 is 0 Å². The smallest absolute Gasteiger partial charge is 0.242 e. The van der Waals surface area contributed by atoms with E-state index in [-0.39, 0.29) is 11.9 Å². The minimum atomic E-state index is -0.702. The second-order valence-corrected chi connectivity index (χ2v) is 5.73. The highest BCUT2D eigenvalue weighted by Gasteiger charge is 2.36. The van der Waals surface area contributed by atoms with E-state index in [0.29, 0.717) is 5.92 Å². The Morgan fingerprint density at radius 3 is 2.55 bits per heavy atom. The normalized spacial score (nSPS) is 29.4. The van der Waals surface area contributed by atoms with E-state index in [1.807, 2.05) is 30.3 Å². The summed E-state index contributed by atoms with van der Waals surface area (Å²) in [5.41, 5.74) is 0.772. The average molecular weight is 269 g/mol. The first-order valence-corrected chi connectivity index (χ1v) is 7.25. The van der Waals surface area contributed by atoms with E-state index in [1.165, 1.54) is 0 Å². The lowest BCUT2D eigenvalue weighted by molar-refractivity contribution is -0.123. The van der Waals surface area contributed by atoms with Gasteiger partial charge in [-0.05, 0) is 37.4 Å². The molecular formula is C16H19N3O. The molecular weight excluding hydrogens is 250 g/mol. The van der Waals surface area contributed by atoms with Crippen molar-refractivity contribution < 1.29 is 4.79 Å². The second-order valence-electron chi connectivity index (χ2n) is 5.73. The summed E-state index contributed by atoms with van der Waals surface area (Å²) in [5, 5.41) is 12.4. The molecule has 1 aromatic rings. The summed E-state index contributed by atoms with van der Waals surface area (Å²) in [4.78, 5) is 14.8. The van der Waals surface area contributed by atoms with Gasteiger partial charge in [0.1, 0.15) is 5.92 Å². The lowest BCUT2D eigenvalue weighted by Crippen LogP contribution is -2.57. The predicted molar refractivity (Wildman–Crippen MR) is 75.9 cm³/mol. The zero-order valence-corrected chi connectivity index (χ0v) is 11.5. The third-order valence-corrected chi connectivity index (χ3v) is 4.51. The van der Waals surface area contributed by atoms with Crippen molar-refractivity contribution in [1.29, 1.82) is 5.26 Å². The fraction of sp³-hybridized carbons (Fsp3) is 0.500. The molecule has 0 radical (unpaired) electrons. The number of benzene rings is 1. The minimum absolute atomic E-state index is 0.155. The number of nitrogens with zero attached hydrogens (tertiary/aromatic N) is 2. The number of nitriles is 1. The number of amides is 1. The van der Waals surface area contributed by atoms with Crippen molar-refractivity contribution in [2.45, 2.75) is 24.8 Å². The molecule has 1 N–H and O–H groups in total. The van der Waals surface area contributed by atoms with E-state index in [2.05, 4.69) is 16.3 Å². The SMILES string of the molecule is N#CC(C(=O)NC1CN2CCC1CC2)c1ccccc1. The summed E-state index contributed by atoms with van der Waals surface area (Å²) >= 11 is 0. The maximum absolute atomic E-state index is 12.4. The van der Waals surface area contributed by atoms with Crippen molar-refractivity contribution in [1.82, 2.24) is 10.2 Å². The average Bonchev–Trinajstić information content (AvgIpc) is 2.50. The van der Waals surface area contributed by atoms with Gasteiger partial charge in [0, 0.05) is 12.6 Å². The monoisotopic (exact) mass is 269 g/mol. The van der Waals surface area contributed by atoms with E-state index in [0.717, 1.165) is 38.0 Å². The van der Waals surface area contributed by atoms with Gasteiger partial charge in [-0.15, -0.1) is 0 Å². The van der Waals surface area contributed by atoms with Crippen LogP contribution in [0.25, 0.3) is 0 Å². The Kier molecular flexibility index (Phi) is 3.70. The van der Waals surface area contributed by atoms with Crippen LogP contribution in [0.4, 0.5) is 0 Å². The fourth-order valence-corrected chi connectivity index (χ4v) is 3.32. The number of carbonyl (C=O) groups excluding carboxylic acids is 1. The number of rotatable bonds is 3. The first-order valence-electron chi connectivity index (χ1n) is 7.25. The van der Waals surface area contributed by atoms with Crippen LogP contribution < -0.4 is 5.32 Å². The van der Waals surface area contributed by atoms with Crippen LogP contribution in [0.1, 0.15) is 24.3 Å². The van der Waals surface area contributed by atoms with Gasteiger partial charge < -0.3 is 10.2 Å². The van der Waals surface area contributed by atoms with Gasteiger partial charge in [0.15, 0.2) is 0 Å². The molecule has 3 heterocycles. The molecule has 3 saturated heterocycles. The summed E-state index contributed by atoms with van der Waals surface area (Å²) in [7, 11) is 0. The highest BCUT2D eigenvalue weighted by Crippen LogP contribution is 2.28. The number of nitrogens with one attached hydrogen (secondary N) is 1. The lowest BCUT2D eigenvalue weighted by Gasteiger charge is -2.45. The first kappa shape index (κ1) is 13.1. The maximum atomic E-state index is 12.4. The molecule has 0 saturated carbocycles. The second kappa shape index (κ2) is 5.64. The highest BCUT2D eigenvalue weighted by atomic mass is 16.2. The van der Waals surface area contributed by atoms with E-state index in [9.17, 15) is 10.1 Å². The summed E-state index contributed by atoms with van der Waals surface area (Å²) in [6.45, 7) is 3.23. The topological polar surface area (TPSA) is 56.1 Å². The van der Waals surface area contributed by atoms with Gasteiger partial charge >= 0.3 is 0 Å². The van der Waals surface area contributed by atoms with Crippen molar-refractivity contribution in [2.75, 3.05) is 19.6 Å². The van der Waals surface area contributed by atoms with Gasteiger partial charge in [0.25, 0.3) is 0 Å². The van der Waals surface area contributed by atoms with Gasteiger partial charge in [-0.25, -0.2) is 0 Å². The largest absolute Gasteiger partial charge is 0.350 e. The van der Waals surface area contributed by atoms with Crippen LogP contribution in [-0.4, -0.2) is 36.5 Å². The van der Waals surface area contributed by atoms with Gasteiger partial charge in [0.2, 0.25) is 5.91 Å². The molecule has 0 aliphatic carbocycles. The number of hydrogen-bond acceptors (Lipinski definition) is 3. The predicted octanol–water partition coefficient (Wildman–Crippen LogP) is 1.50. The fourth-order valence-electron chi connectivity index (χ4n) is 3.32. The van der Waals surface area contributed by atoms with E-state index < -0.39 is 5.92 Å². The Labute approximate surface area is 119 Å². The molecule has 4 nitrogen and oxygen atoms in total. The van der Waals surface area contributed by atoms with Crippen LogP contribution >= 0.6 is 0 Å². The Hall–Kier alpha value is -1.86. The molecule has 2 bridgehead atoms. The van der Waals surface area contributed by atoms with E-state index in [1.54, 1.807) is 0 Å². The van der Waals surface area contributed by atoms with Gasteiger partial charge in [-0.2, -0.15) is 5.26 Å². The Morgan fingerprint density at radius 2 is 2.00 bits per heavy atom. The number of carbonyl (C=O) groups is 1. The van der Waals surface area contributed by atoms with Crippen LogP contribution in [0.15, 0.2) is 30.3 Å². The molecule has 2 atom stereocenters. The Bertz CT molecular complexity index is 514. The molecule has 4 rings (SSSR count). The quantitative estimate of drug-likeness (QED) is 0.905. The third kappa shape index (κ3) is 2.54. The van der Waals surface area contributed by atoms with Gasteiger partial charge in [-0.1, -0.05) is 30.3 Å². The van der Waals surface area contributed by atoms with Crippen molar-refractivity contribution in [3.63, 3.8) is 0 Å². The summed E-state index contributed by atoms with van der Waals surface area (Å²) in [6.07, 6.45) is 2.32. The molecule has 3 aliphatic heterocycles. The lowest BCUT2D eigenvalue weighted by atomic mass is 9.83. The molecule has 1 aromatic carbocycles. The van der Waals surface area contributed by atoms with E-state index in [4.69, 9.17) is 0 Å². The molecule has 0 aromatic heterocycles. The molecule has 0 spiro atoms. The molecule has 104 valence electrons. The molecule has 20 heavy (non-hydrogen) atoms. The van der Waals surface area contributed by atoms with Crippen molar-refractivity contribution in [3.8, 4) is 6.07 Å². The van der Waals surface area contributed by atoms with Gasteiger partial charge in [-0.3, -0.25) is 4.79 Å². The zero-order chi connectivity index (χ0) is 13.9. The van der Waals surface area contributed by atoms with Crippen molar-refractivity contribution in [2.24, 2.45) is 5.92 Å².